The van der Waals surface area contributed by atoms with Crippen LogP contribution in [0.2, 0.25) is 0 Å². The summed E-state index contributed by atoms with van der Waals surface area (Å²) in [7, 11) is 1.85. The van der Waals surface area contributed by atoms with E-state index in [1.165, 1.54) is 0 Å². The molecule has 0 unspecified atom stereocenters. The van der Waals surface area contributed by atoms with Gasteiger partial charge in [0.25, 0.3) is 5.91 Å². The number of rotatable bonds is 2. The van der Waals surface area contributed by atoms with Crippen LogP contribution in [-0.2, 0) is 7.05 Å². The standard InChI is InChI=1S/C9H14N4O/c1-12-5-8(11-6-12)9(14)13-3-7(2-10)4-13/h5-7H,2-4,10H2,1H3. The lowest BCUT2D eigenvalue weighted by Gasteiger charge is -2.38. The molecule has 0 atom stereocenters. The van der Waals surface area contributed by atoms with Gasteiger partial charge in [-0.25, -0.2) is 4.98 Å². The largest absolute Gasteiger partial charge is 0.340 e. The molecule has 14 heavy (non-hydrogen) atoms. The van der Waals surface area contributed by atoms with E-state index in [1.54, 1.807) is 22.0 Å². The van der Waals surface area contributed by atoms with E-state index in [9.17, 15) is 4.79 Å². The van der Waals surface area contributed by atoms with Crippen LogP contribution in [0.1, 0.15) is 10.5 Å². The zero-order chi connectivity index (χ0) is 10.1. The third-order valence-electron chi connectivity index (χ3n) is 2.50. The summed E-state index contributed by atoms with van der Waals surface area (Å²) in [5.41, 5.74) is 6.00. The predicted octanol–water partition coefficient (Wildman–Crippen LogP) is -0.549. The molecule has 2 rings (SSSR count). The van der Waals surface area contributed by atoms with Crippen LogP contribution in [0.15, 0.2) is 12.5 Å². The van der Waals surface area contributed by atoms with Crippen molar-refractivity contribution in [2.24, 2.45) is 18.7 Å². The minimum absolute atomic E-state index is 0.00954. The summed E-state index contributed by atoms with van der Waals surface area (Å²) >= 11 is 0. The van der Waals surface area contributed by atoms with Crippen molar-refractivity contribution in [1.29, 1.82) is 0 Å². The quantitative estimate of drug-likeness (QED) is 0.687. The lowest BCUT2D eigenvalue weighted by Crippen LogP contribution is -2.52. The van der Waals surface area contributed by atoms with Gasteiger partial charge in [0.15, 0.2) is 0 Å². The van der Waals surface area contributed by atoms with E-state index in [2.05, 4.69) is 4.98 Å². The van der Waals surface area contributed by atoms with E-state index in [-0.39, 0.29) is 5.91 Å². The molecule has 0 aromatic carbocycles. The number of carbonyl (C=O) groups excluding carboxylic acids is 1. The minimum Gasteiger partial charge on any atom is -0.340 e. The molecule has 1 saturated heterocycles. The Morgan fingerprint density at radius 3 is 2.93 bits per heavy atom. The third-order valence-corrected chi connectivity index (χ3v) is 2.50. The summed E-state index contributed by atoms with van der Waals surface area (Å²) in [5, 5.41) is 0. The van der Waals surface area contributed by atoms with Gasteiger partial charge in [0.1, 0.15) is 5.69 Å². The fourth-order valence-electron chi connectivity index (χ4n) is 1.57. The number of imidazole rings is 1. The van der Waals surface area contributed by atoms with Gasteiger partial charge in [-0.15, -0.1) is 0 Å². The van der Waals surface area contributed by atoms with Crippen LogP contribution in [0.3, 0.4) is 0 Å². The molecule has 5 nitrogen and oxygen atoms in total. The van der Waals surface area contributed by atoms with Crippen molar-refractivity contribution in [3.8, 4) is 0 Å². The Hall–Kier alpha value is -1.36. The molecule has 76 valence electrons. The van der Waals surface area contributed by atoms with Gasteiger partial charge < -0.3 is 15.2 Å². The van der Waals surface area contributed by atoms with Crippen molar-refractivity contribution in [3.05, 3.63) is 18.2 Å². The van der Waals surface area contributed by atoms with E-state index >= 15 is 0 Å². The van der Waals surface area contributed by atoms with Crippen LogP contribution in [0.25, 0.3) is 0 Å². The van der Waals surface area contributed by atoms with Gasteiger partial charge in [-0.05, 0) is 6.54 Å². The van der Waals surface area contributed by atoms with Gasteiger partial charge in [-0.2, -0.15) is 0 Å². The molecule has 5 heteroatoms. The number of hydrogen-bond acceptors (Lipinski definition) is 3. The van der Waals surface area contributed by atoms with Crippen LogP contribution in [0, 0.1) is 5.92 Å². The second-order valence-electron chi connectivity index (χ2n) is 3.74. The Morgan fingerprint density at radius 2 is 2.43 bits per heavy atom. The Kier molecular flexibility index (Phi) is 2.25. The van der Waals surface area contributed by atoms with Crippen molar-refractivity contribution < 1.29 is 4.79 Å². The molecule has 1 fully saturated rings. The molecule has 0 aliphatic carbocycles. The van der Waals surface area contributed by atoms with Gasteiger partial charge in [0.05, 0.1) is 6.33 Å². The van der Waals surface area contributed by atoms with Crippen LogP contribution < -0.4 is 5.73 Å². The summed E-state index contributed by atoms with van der Waals surface area (Å²) in [5.74, 6) is 0.484. The minimum atomic E-state index is 0.00954. The Bertz CT molecular complexity index is 340. The monoisotopic (exact) mass is 194 g/mol. The van der Waals surface area contributed by atoms with Crippen LogP contribution in [0.5, 0.6) is 0 Å². The number of likely N-dealkylation sites (tertiary alicyclic amines) is 1. The summed E-state index contributed by atoms with van der Waals surface area (Å²) in [4.78, 5) is 17.5. The fraction of sp³-hybridized carbons (Fsp3) is 0.556. The topological polar surface area (TPSA) is 64.2 Å². The zero-order valence-electron chi connectivity index (χ0n) is 8.18. The van der Waals surface area contributed by atoms with Gasteiger partial charge in [-0.1, -0.05) is 0 Å². The Labute approximate surface area is 82.5 Å². The first kappa shape index (κ1) is 9.21. The van der Waals surface area contributed by atoms with Crippen LogP contribution in [-0.4, -0.2) is 40.0 Å². The molecule has 1 aromatic heterocycles. The van der Waals surface area contributed by atoms with Gasteiger partial charge >= 0.3 is 0 Å². The maximum absolute atomic E-state index is 11.7. The number of carbonyl (C=O) groups is 1. The van der Waals surface area contributed by atoms with Crippen LogP contribution in [0.4, 0.5) is 0 Å². The van der Waals surface area contributed by atoms with Crippen molar-refractivity contribution in [2.75, 3.05) is 19.6 Å². The third kappa shape index (κ3) is 1.50. The summed E-state index contributed by atoms with van der Waals surface area (Å²) in [6.07, 6.45) is 3.37. The average Bonchev–Trinajstić information content (AvgIpc) is 2.49. The number of hydrogen-bond donors (Lipinski definition) is 1. The summed E-state index contributed by atoms with van der Waals surface area (Å²) in [6, 6.07) is 0. The molecular formula is C9H14N4O. The second kappa shape index (κ2) is 3.42. The molecular weight excluding hydrogens is 180 g/mol. The number of amides is 1. The van der Waals surface area contributed by atoms with E-state index in [4.69, 9.17) is 5.73 Å². The van der Waals surface area contributed by atoms with E-state index in [1.807, 2.05) is 7.05 Å². The normalized spacial score (nSPS) is 16.9. The molecule has 2 N–H and O–H groups in total. The molecule has 1 aliphatic rings. The number of nitrogens with zero attached hydrogens (tertiary/aromatic N) is 3. The first-order valence-electron chi connectivity index (χ1n) is 4.68. The molecule has 0 bridgehead atoms. The van der Waals surface area contributed by atoms with Crippen molar-refractivity contribution in [1.82, 2.24) is 14.5 Å². The molecule has 1 aliphatic heterocycles. The van der Waals surface area contributed by atoms with E-state index in [0.29, 0.717) is 18.2 Å². The number of aromatic nitrogens is 2. The lowest BCUT2D eigenvalue weighted by molar-refractivity contribution is 0.0510. The maximum atomic E-state index is 11.7. The summed E-state index contributed by atoms with van der Waals surface area (Å²) in [6.45, 7) is 2.20. The number of nitrogens with two attached hydrogens (primary N) is 1. The average molecular weight is 194 g/mol. The fourth-order valence-corrected chi connectivity index (χ4v) is 1.57. The predicted molar refractivity (Wildman–Crippen MR) is 51.7 cm³/mol. The Balaban J connectivity index is 1.97. The van der Waals surface area contributed by atoms with Crippen LogP contribution >= 0.6 is 0 Å². The lowest BCUT2D eigenvalue weighted by atomic mass is 10.0. The molecule has 0 radical (unpaired) electrons. The maximum Gasteiger partial charge on any atom is 0.274 e. The highest BCUT2D eigenvalue weighted by Crippen LogP contribution is 2.16. The van der Waals surface area contributed by atoms with E-state index in [0.717, 1.165) is 13.1 Å². The first-order chi connectivity index (χ1) is 6.70. The number of aryl methyl sites for hydroxylation is 1. The van der Waals surface area contributed by atoms with Gasteiger partial charge in [0, 0.05) is 32.3 Å². The van der Waals surface area contributed by atoms with Crippen molar-refractivity contribution in [2.45, 2.75) is 0 Å². The molecule has 1 amide bonds. The highest BCUT2D eigenvalue weighted by atomic mass is 16.2. The first-order valence-corrected chi connectivity index (χ1v) is 4.68. The van der Waals surface area contributed by atoms with Gasteiger partial charge in [0.2, 0.25) is 0 Å². The Morgan fingerprint density at radius 1 is 1.71 bits per heavy atom. The second-order valence-corrected chi connectivity index (χ2v) is 3.74. The molecule has 2 heterocycles. The van der Waals surface area contributed by atoms with E-state index < -0.39 is 0 Å². The molecule has 0 spiro atoms. The highest BCUT2D eigenvalue weighted by molar-refractivity contribution is 5.92. The molecule has 1 aromatic rings. The van der Waals surface area contributed by atoms with Gasteiger partial charge in [-0.3, -0.25) is 4.79 Å². The zero-order valence-corrected chi connectivity index (χ0v) is 8.18. The van der Waals surface area contributed by atoms with Crippen molar-refractivity contribution >= 4 is 5.91 Å². The molecule has 0 saturated carbocycles. The van der Waals surface area contributed by atoms with Crippen molar-refractivity contribution in [3.63, 3.8) is 0 Å². The highest BCUT2D eigenvalue weighted by Gasteiger charge is 2.30. The smallest absolute Gasteiger partial charge is 0.274 e. The summed E-state index contributed by atoms with van der Waals surface area (Å²) < 4.78 is 1.77. The SMILES string of the molecule is Cn1cnc(C(=O)N2CC(CN)C2)c1.